The molecule has 0 bridgehead atoms. The van der Waals surface area contributed by atoms with Crippen LogP contribution >= 0.6 is 0 Å². The van der Waals surface area contributed by atoms with E-state index in [9.17, 15) is 0 Å². The van der Waals surface area contributed by atoms with Crippen LogP contribution in [0.4, 0.5) is 5.95 Å². The van der Waals surface area contributed by atoms with Crippen LogP contribution in [-0.2, 0) is 0 Å². The minimum Gasteiger partial charge on any atom is -0.493 e. The van der Waals surface area contributed by atoms with Crippen molar-refractivity contribution >= 4 is 5.95 Å². The summed E-state index contributed by atoms with van der Waals surface area (Å²) in [7, 11) is 0. The smallest absolute Gasteiger partial charge is 0.200 e. The number of aromatic nitrogens is 2. The molecule has 1 aliphatic heterocycles. The van der Waals surface area contributed by atoms with Crippen molar-refractivity contribution in [3.63, 3.8) is 0 Å². The normalized spacial score (nSPS) is 18.9. The van der Waals surface area contributed by atoms with Crippen molar-refractivity contribution in [2.24, 2.45) is 0 Å². The number of benzene rings is 1. The van der Waals surface area contributed by atoms with Gasteiger partial charge in [-0.3, -0.25) is 0 Å². The third-order valence-electron chi connectivity index (χ3n) is 2.96. The van der Waals surface area contributed by atoms with Gasteiger partial charge in [-0.2, -0.15) is 0 Å². The Labute approximate surface area is 93.7 Å². The number of ether oxygens (including phenoxy) is 1. The summed E-state index contributed by atoms with van der Waals surface area (Å²) in [5.74, 6) is 1.51. The molecule has 1 aliphatic rings. The van der Waals surface area contributed by atoms with Gasteiger partial charge in [0.15, 0.2) is 0 Å². The zero-order chi connectivity index (χ0) is 11.0. The van der Waals surface area contributed by atoms with Crippen LogP contribution in [0.25, 0.3) is 0 Å². The van der Waals surface area contributed by atoms with E-state index in [0.29, 0.717) is 5.95 Å². The summed E-state index contributed by atoms with van der Waals surface area (Å²) in [4.78, 5) is 4.06. The third-order valence-corrected chi connectivity index (χ3v) is 2.96. The van der Waals surface area contributed by atoms with Crippen molar-refractivity contribution in [2.45, 2.75) is 12.5 Å². The largest absolute Gasteiger partial charge is 0.493 e. The van der Waals surface area contributed by atoms with Gasteiger partial charge < -0.3 is 15.0 Å². The van der Waals surface area contributed by atoms with Crippen LogP contribution in [0.5, 0.6) is 5.75 Å². The molecule has 1 aromatic carbocycles. The lowest BCUT2D eigenvalue weighted by Crippen LogP contribution is -2.20. The van der Waals surface area contributed by atoms with Crippen molar-refractivity contribution < 1.29 is 4.74 Å². The van der Waals surface area contributed by atoms with Gasteiger partial charge in [0.1, 0.15) is 5.75 Å². The number of nitrogens with zero attached hydrogens (tertiary/aromatic N) is 2. The number of hydrogen-bond donors (Lipinski definition) is 1. The molecule has 0 saturated heterocycles. The van der Waals surface area contributed by atoms with E-state index in [0.717, 1.165) is 18.8 Å². The number of nitrogen functional groups attached to an aromatic ring is 1. The number of anilines is 1. The molecular formula is C12H13N3O. The Balaban J connectivity index is 2.08. The number of nitrogens with two attached hydrogens (primary N) is 1. The fraction of sp³-hybridized carbons (Fsp3) is 0.250. The first kappa shape index (κ1) is 9.27. The lowest BCUT2D eigenvalue weighted by atomic mass is 10.0. The van der Waals surface area contributed by atoms with Gasteiger partial charge in [-0.1, -0.05) is 18.2 Å². The second-order valence-electron chi connectivity index (χ2n) is 3.88. The molecule has 1 unspecified atom stereocenters. The van der Waals surface area contributed by atoms with Gasteiger partial charge in [-0.05, 0) is 6.07 Å². The van der Waals surface area contributed by atoms with Gasteiger partial charge in [-0.15, -0.1) is 0 Å². The Kier molecular flexibility index (Phi) is 2.06. The first-order chi connectivity index (χ1) is 7.86. The summed E-state index contributed by atoms with van der Waals surface area (Å²) in [5, 5.41) is 0. The van der Waals surface area contributed by atoms with Crippen molar-refractivity contribution in [2.75, 3.05) is 12.3 Å². The molecule has 0 amide bonds. The molecule has 1 aromatic heterocycles. The molecule has 0 fully saturated rings. The van der Waals surface area contributed by atoms with Crippen LogP contribution in [0, 0.1) is 0 Å². The molecule has 82 valence electrons. The molecule has 0 saturated carbocycles. The number of para-hydroxylation sites is 1. The summed E-state index contributed by atoms with van der Waals surface area (Å²) in [6, 6.07) is 8.33. The fourth-order valence-electron chi connectivity index (χ4n) is 2.20. The molecule has 3 rings (SSSR count). The van der Waals surface area contributed by atoms with Crippen molar-refractivity contribution in [1.82, 2.24) is 9.55 Å². The van der Waals surface area contributed by atoms with E-state index in [1.165, 1.54) is 5.56 Å². The molecule has 2 aromatic rings. The number of imidazole rings is 1. The third kappa shape index (κ3) is 1.34. The van der Waals surface area contributed by atoms with Crippen LogP contribution in [0.2, 0.25) is 0 Å². The zero-order valence-corrected chi connectivity index (χ0v) is 8.84. The predicted molar refractivity (Wildman–Crippen MR) is 61.3 cm³/mol. The monoisotopic (exact) mass is 215 g/mol. The molecule has 0 radical (unpaired) electrons. The highest BCUT2D eigenvalue weighted by Gasteiger charge is 2.23. The van der Waals surface area contributed by atoms with Crippen LogP contribution in [0.3, 0.4) is 0 Å². The van der Waals surface area contributed by atoms with Gasteiger partial charge >= 0.3 is 0 Å². The maximum atomic E-state index is 5.84. The Hall–Kier alpha value is -1.97. The van der Waals surface area contributed by atoms with E-state index >= 15 is 0 Å². The van der Waals surface area contributed by atoms with Crippen LogP contribution in [0.1, 0.15) is 18.0 Å². The van der Waals surface area contributed by atoms with Crippen LogP contribution in [-0.4, -0.2) is 16.2 Å². The van der Waals surface area contributed by atoms with Crippen molar-refractivity contribution in [3.8, 4) is 5.75 Å². The number of hydrogen-bond acceptors (Lipinski definition) is 3. The van der Waals surface area contributed by atoms with Crippen molar-refractivity contribution in [1.29, 1.82) is 0 Å². The molecule has 1 atom stereocenters. The van der Waals surface area contributed by atoms with Crippen molar-refractivity contribution in [3.05, 3.63) is 42.2 Å². The Bertz CT molecular complexity index is 506. The summed E-state index contributed by atoms with van der Waals surface area (Å²) in [5.41, 5.74) is 7.02. The molecular weight excluding hydrogens is 202 g/mol. The van der Waals surface area contributed by atoms with E-state index in [-0.39, 0.29) is 6.04 Å². The second kappa shape index (κ2) is 3.56. The zero-order valence-electron chi connectivity index (χ0n) is 8.84. The molecule has 2 heterocycles. The summed E-state index contributed by atoms with van der Waals surface area (Å²) >= 11 is 0. The summed E-state index contributed by atoms with van der Waals surface area (Å²) in [6.45, 7) is 0.722. The molecule has 0 spiro atoms. The second-order valence-corrected chi connectivity index (χ2v) is 3.88. The molecule has 2 N–H and O–H groups in total. The van der Waals surface area contributed by atoms with Gasteiger partial charge in [0.2, 0.25) is 5.95 Å². The van der Waals surface area contributed by atoms with Crippen LogP contribution < -0.4 is 10.5 Å². The average Bonchev–Trinajstić information content (AvgIpc) is 2.75. The highest BCUT2D eigenvalue weighted by atomic mass is 16.5. The first-order valence-electron chi connectivity index (χ1n) is 5.36. The number of rotatable bonds is 1. The van der Waals surface area contributed by atoms with E-state index in [1.54, 1.807) is 6.20 Å². The Morgan fingerprint density at radius 2 is 2.25 bits per heavy atom. The lowest BCUT2D eigenvalue weighted by molar-refractivity contribution is 0.257. The summed E-state index contributed by atoms with van der Waals surface area (Å²) in [6.07, 6.45) is 4.58. The first-order valence-corrected chi connectivity index (χ1v) is 5.36. The minimum absolute atomic E-state index is 0.243. The fourth-order valence-corrected chi connectivity index (χ4v) is 2.20. The highest BCUT2D eigenvalue weighted by molar-refractivity contribution is 5.39. The highest BCUT2D eigenvalue weighted by Crippen LogP contribution is 2.35. The molecule has 16 heavy (non-hydrogen) atoms. The van der Waals surface area contributed by atoms with Gasteiger partial charge in [0, 0.05) is 24.4 Å². The molecule has 4 heteroatoms. The van der Waals surface area contributed by atoms with Gasteiger partial charge in [0.25, 0.3) is 0 Å². The van der Waals surface area contributed by atoms with E-state index in [1.807, 2.05) is 29.0 Å². The quantitative estimate of drug-likeness (QED) is 0.789. The maximum Gasteiger partial charge on any atom is 0.200 e. The topological polar surface area (TPSA) is 53.1 Å². The van der Waals surface area contributed by atoms with E-state index < -0.39 is 0 Å². The maximum absolute atomic E-state index is 5.84. The van der Waals surface area contributed by atoms with Gasteiger partial charge in [0.05, 0.1) is 12.6 Å². The Morgan fingerprint density at radius 1 is 1.38 bits per heavy atom. The van der Waals surface area contributed by atoms with E-state index in [4.69, 9.17) is 10.5 Å². The van der Waals surface area contributed by atoms with E-state index in [2.05, 4.69) is 11.1 Å². The summed E-state index contributed by atoms with van der Waals surface area (Å²) < 4.78 is 7.62. The predicted octanol–water partition coefficient (Wildman–Crippen LogP) is 1.84. The lowest BCUT2D eigenvalue weighted by Gasteiger charge is -2.27. The van der Waals surface area contributed by atoms with Gasteiger partial charge in [-0.25, -0.2) is 4.98 Å². The minimum atomic E-state index is 0.243. The SMILES string of the molecule is Nc1nccn1C1CCOc2ccccc21. The molecule has 0 aliphatic carbocycles. The Morgan fingerprint density at radius 3 is 3.06 bits per heavy atom. The molecule has 4 nitrogen and oxygen atoms in total. The average molecular weight is 215 g/mol. The van der Waals surface area contributed by atoms with Crippen LogP contribution in [0.15, 0.2) is 36.7 Å². The number of fused-ring (bicyclic) bond motifs is 1. The standard InChI is InChI=1S/C12H13N3O/c13-12-14-6-7-15(12)10-5-8-16-11-4-2-1-3-9(10)11/h1-4,6-7,10H,5,8H2,(H2,13,14).